The Bertz CT molecular complexity index is 231. The number of carbonyl (C=O) groups excluding carboxylic acids is 1. The highest BCUT2D eigenvalue weighted by molar-refractivity contribution is 5.77. The normalized spacial score (nSPS) is 39.9. The first-order chi connectivity index (χ1) is 6.68. The number of likely N-dealkylation sites (tertiary alicyclic amines) is 1. The minimum atomic E-state index is -0.294. The van der Waals surface area contributed by atoms with Gasteiger partial charge in [-0.3, -0.25) is 9.69 Å². The minimum absolute atomic E-state index is 0.0999. The van der Waals surface area contributed by atoms with Gasteiger partial charge in [-0.25, -0.2) is 0 Å². The number of esters is 1. The lowest BCUT2D eigenvalue weighted by atomic mass is 9.95. The van der Waals surface area contributed by atoms with Crippen molar-refractivity contribution >= 4 is 5.97 Å². The predicted octanol–water partition coefficient (Wildman–Crippen LogP) is 0.00460. The van der Waals surface area contributed by atoms with Crippen molar-refractivity contribution in [3.63, 3.8) is 0 Å². The second-order valence-corrected chi connectivity index (χ2v) is 4.30. The lowest BCUT2D eigenvalue weighted by Crippen LogP contribution is -2.49. The summed E-state index contributed by atoms with van der Waals surface area (Å²) in [6, 6.07) is -0.0999. The maximum absolute atomic E-state index is 11.3. The minimum Gasteiger partial charge on any atom is -0.464 e. The molecule has 14 heavy (non-hydrogen) atoms. The fourth-order valence-corrected chi connectivity index (χ4v) is 2.17. The monoisotopic (exact) mass is 199 g/mol. The molecule has 0 aromatic heterocycles. The summed E-state index contributed by atoms with van der Waals surface area (Å²) < 4.78 is 4.92. The number of ether oxygens (including phenoxy) is 1. The number of cyclic esters (lactones) is 1. The second kappa shape index (κ2) is 3.87. The molecule has 4 heteroatoms. The summed E-state index contributed by atoms with van der Waals surface area (Å²) in [5.41, 5.74) is 0. The maximum Gasteiger partial charge on any atom is 0.323 e. The summed E-state index contributed by atoms with van der Waals surface area (Å²) in [5.74, 6) is 0.232. The first-order valence-corrected chi connectivity index (χ1v) is 5.27. The van der Waals surface area contributed by atoms with Crippen molar-refractivity contribution < 1.29 is 14.6 Å². The van der Waals surface area contributed by atoms with E-state index in [9.17, 15) is 9.90 Å². The number of hydrogen-bond acceptors (Lipinski definition) is 4. The number of carbonyl (C=O) groups is 1. The highest BCUT2D eigenvalue weighted by atomic mass is 16.5. The SMILES string of the molecule is CC1CCN(C2CCOC2=O)CC1O. The summed E-state index contributed by atoms with van der Waals surface area (Å²) in [6.45, 7) is 4.10. The number of rotatable bonds is 1. The van der Waals surface area contributed by atoms with Crippen LogP contribution in [0.1, 0.15) is 19.8 Å². The molecule has 0 saturated carbocycles. The summed E-state index contributed by atoms with van der Waals surface area (Å²) in [5, 5.41) is 9.70. The Morgan fingerprint density at radius 2 is 2.29 bits per heavy atom. The van der Waals surface area contributed by atoms with Gasteiger partial charge in [0.05, 0.1) is 12.7 Å². The Morgan fingerprint density at radius 3 is 2.86 bits per heavy atom. The van der Waals surface area contributed by atoms with Gasteiger partial charge in [0.2, 0.25) is 0 Å². The molecule has 0 aliphatic carbocycles. The Hall–Kier alpha value is -0.610. The number of hydrogen-bond donors (Lipinski definition) is 1. The Morgan fingerprint density at radius 1 is 1.50 bits per heavy atom. The molecule has 2 aliphatic rings. The smallest absolute Gasteiger partial charge is 0.323 e. The summed E-state index contributed by atoms with van der Waals surface area (Å²) >= 11 is 0. The van der Waals surface area contributed by atoms with Crippen molar-refractivity contribution in [3.05, 3.63) is 0 Å². The third-order valence-corrected chi connectivity index (χ3v) is 3.30. The molecule has 80 valence electrons. The summed E-state index contributed by atoms with van der Waals surface area (Å²) in [7, 11) is 0. The zero-order valence-electron chi connectivity index (χ0n) is 8.48. The molecular weight excluding hydrogens is 182 g/mol. The molecule has 0 bridgehead atoms. The molecule has 2 heterocycles. The molecule has 4 nitrogen and oxygen atoms in total. The van der Waals surface area contributed by atoms with Crippen LogP contribution in [0, 0.1) is 5.92 Å². The predicted molar refractivity (Wildman–Crippen MR) is 50.7 cm³/mol. The van der Waals surface area contributed by atoms with E-state index >= 15 is 0 Å². The van der Waals surface area contributed by atoms with E-state index < -0.39 is 0 Å². The molecule has 1 N–H and O–H groups in total. The number of β-amino-alcohol motifs (C(OH)–C–C–N with tert-alkyl or cyclic N) is 1. The first kappa shape index (κ1) is 9.93. The third-order valence-electron chi connectivity index (χ3n) is 3.30. The molecule has 2 fully saturated rings. The number of aliphatic hydroxyl groups excluding tert-OH is 1. The van der Waals surface area contributed by atoms with Gasteiger partial charge in [-0.15, -0.1) is 0 Å². The van der Waals surface area contributed by atoms with Crippen molar-refractivity contribution in [2.45, 2.75) is 31.9 Å². The summed E-state index contributed by atoms with van der Waals surface area (Å²) in [6.07, 6.45) is 1.45. The Balaban J connectivity index is 1.95. The van der Waals surface area contributed by atoms with E-state index in [2.05, 4.69) is 11.8 Å². The molecule has 0 aromatic carbocycles. The Kier molecular flexibility index (Phi) is 2.74. The lowest BCUT2D eigenvalue weighted by molar-refractivity contribution is -0.143. The van der Waals surface area contributed by atoms with Crippen LogP contribution in [0.5, 0.6) is 0 Å². The van der Waals surface area contributed by atoms with Crippen LogP contribution < -0.4 is 0 Å². The van der Waals surface area contributed by atoms with Crippen molar-refractivity contribution in [3.8, 4) is 0 Å². The molecule has 2 aliphatic heterocycles. The van der Waals surface area contributed by atoms with Gasteiger partial charge in [-0.05, 0) is 18.9 Å². The largest absolute Gasteiger partial charge is 0.464 e. The zero-order chi connectivity index (χ0) is 10.1. The van der Waals surface area contributed by atoms with Gasteiger partial charge in [0.25, 0.3) is 0 Å². The van der Waals surface area contributed by atoms with E-state index in [0.29, 0.717) is 19.1 Å². The average Bonchev–Trinajstić information content (AvgIpc) is 2.57. The van der Waals surface area contributed by atoms with Gasteiger partial charge >= 0.3 is 5.97 Å². The van der Waals surface area contributed by atoms with Crippen LogP contribution in [0.3, 0.4) is 0 Å². The fraction of sp³-hybridized carbons (Fsp3) is 0.900. The van der Waals surface area contributed by atoms with Crippen molar-refractivity contribution in [2.24, 2.45) is 5.92 Å². The standard InChI is InChI=1S/C10H17NO3/c1-7-2-4-11(6-9(7)12)8-3-5-14-10(8)13/h7-9,12H,2-6H2,1H3. The lowest BCUT2D eigenvalue weighted by Gasteiger charge is -2.36. The van der Waals surface area contributed by atoms with E-state index in [1.807, 2.05) is 0 Å². The van der Waals surface area contributed by atoms with Crippen LogP contribution in [-0.2, 0) is 9.53 Å². The molecule has 2 rings (SSSR count). The molecule has 0 amide bonds. The van der Waals surface area contributed by atoms with E-state index in [1.165, 1.54) is 0 Å². The fourth-order valence-electron chi connectivity index (χ4n) is 2.17. The van der Waals surface area contributed by atoms with Crippen LogP contribution in [0.25, 0.3) is 0 Å². The third kappa shape index (κ3) is 1.77. The van der Waals surface area contributed by atoms with Gasteiger partial charge in [-0.1, -0.05) is 6.92 Å². The molecule has 2 saturated heterocycles. The number of piperidine rings is 1. The van der Waals surface area contributed by atoms with Crippen LogP contribution in [0.2, 0.25) is 0 Å². The van der Waals surface area contributed by atoms with Gasteiger partial charge in [-0.2, -0.15) is 0 Å². The zero-order valence-corrected chi connectivity index (χ0v) is 8.48. The topological polar surface area (TPSA) is 49.8 Å². The van der Waals surface area contributed by atoms with Crippen LogP contribution in [0.4, 0.5) is 0 Å². The van der Waals surface area contributed by atoms with Gasteiger partial charge in [0, 0.05) is 13.0 Å². The number of aliphatic hydroxyl groups is 1. The van der Waals surface area contributed by atoms with E-state index in [-0.39, 0.29) is 18.1 Å². The van der Waals surface area contributed by atoms with Crippen LogP contribution in [0.15, 0.2) is 0 Å². The highest BCUT2D eigenvalue weighted by Gasteiger charge is 2.36. The van der Waals surface area contributed by atoms with E-state index in [0.717, 1.165) is 19.4 Å². The Labute approximate surface area is 83.8 Å². The highest BCUT2D eigenvalue weighted by Crippen LogP contribution is 2.22. The maximum atomic E-state index is 11.3. The molecule has 0 spiro atoms. The second-order valence-electron chi connectivity index (χ2n) is 4.30. The van der Waals surface area contributed by atoms with E-state index in [1.54, 1.807) is 0 Å². The molecule has 0 radical (unpaired) electrons. The van der Waals surface area contributed by atoms with Gasteiger partial charge in [0.1, 0.15) is 6.04 Å². The van der Waals surface area contributed by atoms with Gasteiger partial charge in [0.15, 0.2) is 0 Å². The van der Waals surface area contributed by atoms with Crippen LogP contribution >= 0.6 is 0 Å². The molecule has 3 unspecified atom stereocenters. The summed E-state index contributed by atoms with van der Waals surface area (Å²) in [4.78, 5) is 13.4. The van der Waals surface area contributed by atoms with Crippen molar-refractivity contribution in [1.82, 2.24) is 4.90 Å². The molecule has 3 atom stereocenters. The van der Waals surface area contributed by atoms with Crippen molar-refractivity contribution in [1.29, 1.82) is 0 Å². The van der Waals surface area contributed by atoms with Gasteiger partial charge < -0.3 is 9.84 Å². The average molecular weight is 199 g/mol. The quantitative estimate of drug-likeness (QED) is 0.604. The molecular formula is C10H17NO3. The number of nitrogens with zero attached hydrogens (tertiary/aromatic N) is 1. The molecule has 0 aromatic rings. The van der Waals surface area contributed by atoms with E-state index in [4.69, 9.17) is 4.74 Å². The van der Waals surface area contributed by atoms with Crippen LogP contribution in [-0.4, -0.2) is 47.8 Å². The van der Waals surface area contributed by atoms with Crippen molar-refractivity contribution in [2.75, 3.05) is 19.7 Å². The first-order valence-electron chi connectivity index (χ1n) is 5.27.